The Morgan fingerprint density at radius 2 is 2.31 bits per heavy atom. The zero-order valence-corrected chi connectivity index (χ0v) is 6.49. The van der Waals surface area contributed by atoms with Gasteiger partial charge in [-0.3, -0.25) is 0 Å². The fourth-order valence-electron chi connectivity index (χ4n) is 0.800. The molecule has 0 aromatic carbocycles. The summed E-state index contributed by atoms with van der Waals surface area (Å²) in [7, 11) is 0. The van der Waals surface area contributed by atoms with Gasteiger partial charge in [-0.05, 0) is 6.92 Å². The van der Waals surface area contributed by atoms with Gasteiger partial charge in [0.15, 0.2) is 11.3 Å². The van der Waals surface area contributed by atoms with E-state index in [-0.39, 0.29) is 48.5 Å². The fourth-order valence-corrected chi connectivity index (χ4v) is 0.800. The van der Waals surface area contributed by atoms with Gasteiger partial charge in [-0.1, -0.05) is 0 Å². The molecule has 0 spiro atoms. The molecule has 68 valence electrons. The van der Waals surface area contributed by atoms with E-state index in [1.807, 2.05) is 0 Å². The molecule has 1 N–H and O–H groups in total. The molecule has 0 unspecified atom stereocenters. The van der Waals surface area contributed by atoms with Crippen molar-refractivity contribution in [2.75, 3.05) is 13.2 Å². The molecule has 6 heteroatoms. The number of cyclic esters (lactones) is 1. The van der Waals surface area contributed by atoms with Crippen LogP contribution in [0.3, 0.4) is 0 Å². The molecule has 1 aliphatic rings. The van der Waals surface area contributed by atoms with Gasteiger partial charge in [0.2, 0.25) is 0 Å². The van der Waals surface area contributed by atoms with Crippen molar-refractivity contribution >= 4 is 41.5 Å². The Hall–Kier alpha value is -0.520. The summed E-state index contributed by atoms with van der Waals surface area (Å²) in [5.41, 5.74) is -0.392. The van der Waals surface area contributed by atoms with Gasteiger partial charge in [0.1, 0.15) is 6.61 Å². The van der Waals surface area contributed by atoms with Crippen LogP contribution in [0.1, 0.15) is 6.92 Å². The number of aliphatic hydroxyl groups excluding tert-OH is 1. The van der Waals surface area contributed by atoms with E-state index in [9.17, 15) is 9.59 Å². The van der Waals surface area contributed by atoms with Gasteiger partial charge < -0.3 is 14.6 Å². The van der Waals surface area contributed by atoms with Crippen LogP contribution in [-0.4, -0.2) is 59.8 Å². The van der Waals surface area contributed by atoms with Gasteiger partial charge in [0.25, 0.3) is 0 Å². The second-order valence-corrected chi connectivity index (χ2v) is 2.12. The molecule has 0 bridgehead atoms. The Morgan fingerprint density at radius 1 is 1.69 bits per heavy atom. The molecule has 0 radical (unpaired) electrons. The molecule has 0 aliphatic carbocycles. The molecule has 1 aliphatic heterocycles. The van der Waals surface area contributed by atoms with Gasteiger partial charge in [-0.2, -0.15) is 0 Å². The van der Waals surface area contributed by atoms with E-state index < -0.39 is 17.5 Å². The van der Waals surface area contributed by atoms with E-state index in [4.69, 9.17) is 5.11 Å². The molecule has 5 nitrogen and oxygen atoms in total. The van der Waals surface area contributed by atoms with E-state index >= 15 is 0 Å². The number of rotatable bonds is 2. The topological polar surface area (TPSA) is 72.8 Å². The normalized spacial score (nSPS) is 15.0. The summed E-state index contributed by atoms with van der Waals surface area (Å²) in [5.74, 6) is -2.03. The number of carbonyl (C=O) groups is 2. The molecule has 0 amide bonds. The van der Waals surface area contributed by atoms with Gasteiger partial charge in [0.05, 0.1) is 6.61 Å². The molecule has 13 heavy (non-hydrogen) atoms. The van der Waals surface area contributed by atoms with Crippen LogP contribution < -0.4 is 0 Å². The number of esters is 2. The number of hydrogen-bond acceptors (Lipinski definition) is 5. The van der Waals surface area contributed by atoms with Crippen molar-refractivity contribution < 1.29 is 24.2 Å². The maximum atomic E-state index is 10.9. The van der Waals surface area contributed by atoms with Gasteiger partial charge in [-0.15, -0.1) is 0 Å². The van der Waals surface area contributed by atoms with E-state index in [0.29, 0.717) is 0 Å². The molecule has 0 aromatic heterocycles. The zero-order chi connectivity index (χ0) is 9.14. The predicted octanol–water partition coefficient (Wildman–Crippen LogP) is -0.730. The molecule has 0 atom stereocenters. The third-order valence-electron chi connectivity index (χ3n) is 1.31. The first kappa shape index (κ1) is 12.5. The summed E-state index contributed by atoms with van der Waals surface area (Å²) >= 11 is 0. The van der Waals surface area contributed by atoms with Crippen LogP contribution in [-0.2, 0) is 19.1 Å². The third kappa shape index (κ3) is 2.72. The first-order valence-corrected chi connectivity index (χ1v) is 3.43. The monoisotopic (exact) mass is 196 g/mol. The first-order chi connectivity index (χ1) is 5.66. The van der Waals surface area contributed by atoms with Crippen LogP contribution >= 0.6 is 0 Å². The molecule has 0 fully saturated rings. The van der Waals surface area contributed by atoms with Crippen molar-refractivity contribution in [3.63, 3.8) is 0 Å². The Balaban J connectivity index is 0.00000144. The Labute approximate surface area is 97.0 Å². The average Bonchev–Trinajstić information content (AvgIpc) is 2.32. The molecular formula is C7H9NaO5. The van der Waals surface area contributed by atoms with Crippen LogP contribution in [0.25, 0.3) is 0 Å². The third-order valence-corrected chi connectivity index (χ3v) is 1.31. The second kappa shape index (κ2) is 5.26. The molecule has 0 aromatic rings. The number of ether oxygens (including phenoxy) is 2. The van der Waals surface area contributed by atoms with E-state index in [0.717, 1.165) is 0 Å². The van der Waals surface area contributed by atoms with Gasteiger partial charge in [0, 0.05) is 0 Å². The summed E-state index contributed by atoms with van der Waals surface area (Å²) in [4.78, 5) is 21.7. The van der Waals surface area contributed by atoms with Crippen molar-refractivity contribution in [2.45, 2.75) is 6.92 Å². The standard InChI is InChI=1S/C7H8O5.Na.H/c1-2-11-6(9)5-4(8)3-12-7(5)10;;/h8H,2-3H2,1H3;;. The van der Waals surface area contributed by atoms with E-state index in [2.05, 4.69) is 9.47 Å². The van der Waals surface area contributed by atoms with Gasteiger partial charge in [-0.25, -0.2) is 9.59 Å². The summed E-state index contributed by atoms with van der Waals surface area (Å²) in [6.07, 6.45) is 0. The van der Waals surface area contributed by atoms with Crippen LogP contribution in [0.2, 0.25) is 0 Å². The maximum absolute atomic E-state index is 10.9. The first-order valence-electron chi connectivity index (χ1n) is 3.43. The Morgan fingerprint density at radius 3 is 2.69 bits per heavy atom. The van der Waals surface area contributed by atoms with Crippen molar-refractivity contribution in [2.24, 2.45) is 0 Å². The molecule has 1 rings (SSSR count). The SMILES string of the molecule is CCOC(=O)C1=C(O)COC1=O.[NaH]. The van der Waals surface area contributed by atoms with Crippen molar-refractivity contribution in [3.8, 4) is 0 Å². The fraction of sp³-hybridized carbons (Fsp3) is 0.429. The minimum atomic E-state index is -0.836. The zero-order valence-electron chi connectivity index (χ0n) is 6.49. The van der Waals surface area contributed by atoms with Crippen LogP contribution in [0, 0.1) is 0 Å². The summed E-state index contributed by atoms with van der Waals surface area (Å²) < 4.78 is 8.89. The summed E-state index contributed by atoms with van der Waals surface area (Å²) in [6, 6.07) is 0. The van der Waals surface area contributed by atoms with Crippen LogP contribution in [0.15, 0.2) is 11.3 Å². The number of carbonyl (C=O) groups excluding carboxylic acids is 2. The van der Waals surface area contributed by atoms with Crippen molar-refractivity contribution in [3.05, 3.63) is 11.3 Å². The quantitative estimate of drug-likeness (QED) is 0.358. The number of aliphatic hydroxyl groups is 1. The molecular weight excluding hydrogens is 187 g/mol. The average molecular weight is 196 g/mol. The van der Waals surface area contributed by atoms with Crippen LogP contribution in [0.5, 0.6) is 0 Å². The molecule has 0 saturated carbocycles. The van der Waals surface area contributed by atoms with Crippen molar-refractivity contribution in [1.82, 2.24) is 0 Å². The Kier molecular flexibility index (Phi) is 5.05. The second-order valence-electron chi connectivity index (χ2n) is 2.12. The Bertz CT molecular complexity index is 258. The predicted molar refractivity (Wildman–Crippen MR) is 44.4 cm³/mol. The van der Waals surface area contributed by atoms with Crippen molar-refractivity contribution in [1.29, 1.82) is 0 Å². The van der Waals surface area contributed by atoms with Crippen LogP contribution in [0.4, 0.5) is 0 Å². The van der Waals surface area contributed by atoms with E-state index in [1.54, 1.807) is 6.92 Å². The molecule has 1 heterocycles. The summed E-state index contributed by atoms with van der Waals surface area (Å²) in [6.45, 7) is 1.52. The van der Waals surface area contributed by atoms with Gasteiger partial charge >= 0.3 is 41.5 Å². The number of hydrogen-bond donors (Lipinski definition) is 1. The minimum absolute atomic E-state index is 0. The van der Waals surface area contributed by atoms with E-state index in [1.165, 1.54) is 0 Å². The molecule has 0 saturated heterocycles. The summed E-state index contributed by atoms with van der Waals surface area (Å²) in [5, 5.41) is 8.99.